The van der Waals surface area contributed by atoms with Crippen LogP contribution in [-0.2, 0) is 0 Å². The van der Waals surface area contributed by atoms with Crippen molar-refractivity contribution in [2.45, 2.75) is 34.1 Å². The molecule has 0 unspecified atom stereocenters. The van der Waals surface area contributed by atoms with Crippen LogP contribution in [0, 0.1) is 12.3 Å². The summed E-state index contributed by atoms with van der Waals surface area (Å²) in [5, 5.41) is 6.44. The molecule has 1 aromatic rings. The van der Waals surface area contributed by atoms with Crippen molar-refractivity contribution in [3.8, 4) is 0 Å². The Morgan fingerprint density at radius 3 is 2.62 bits per heavy atom. The maximum absolute atomic E-state index is 4.34. The topological polar surface area (TPSA) is 24.9 Å². The highest BCUT2D eigenvalue weighted by Crippen LogP contribution is 2.19. The zero-order chi connectivity index (χ0) is 9.90. The molecule has 74 valence electrons. The first-order chi connectivity index (χ1) is 5.97. The highest BCUT2D eigenvalue weighted by molar-refractivity contribution is 7.13. The van der Waals surface area contributed by atoms with Crippen LogP contribution in [0.4, 0.5) is 5.13 Å². The smallest absolute Gasteiger partial charge is 0.182 e. The second-order valence-electron chi connectivity index (χ2n) is 4.53. The molecule has 1 rings (SSSR count). The third-order valence-corrected chi connectivity index (χ3v) is 2.69. The summed E-state index contributed by atoms with van der Waals surface area (Å²) in [4.78, 5) is 4.34. The molecule has 3 heteroatoms. The van der Waals surface area contributed by atoms with Gasteiger partial charge in [0.2, 0.25) is 0 Å². The fourth-order valence-electron chi connectivity index (χ4n) is 0.980. The van der Waals surface area contributed by atoms with Gasteiger partial charge in [-0.25, -0.2) is 4.98 Å². The predicted molar refractivity (Wildman–Crippen MR) is 59.4 cm³/mol. The molecule has 1 aromatic heterocycles. The van der Waals surface area contributed by atoms with Crippen molar-refractivity contribution in [3.05, 3.63) is 11.1 Å². The third-order valence-electron chi connectivity index (χ3n) is 1.77. The van der Waals surface area contributed by atoms with E-state index in [4.69, 9.17) is 0 Å². The van der Waals surface area contributed by atoms with Gasteiger partial charge in [-0.15, -0.1) is 11.3 Å². The summed E-state index contributed by atoms with van der Waals surface area (Å²) in [6, 6.07) is 0. The largest absolute Gasteiger partial charge is 0.361 e. The Morgan fingerprint density at radius 1 is 1.46 bits per heavy atom. The van der Waals surface area contributed by atoms with Crippen molar-refractivity contribution in [3.63, 3.8) is 0 Å². The Morgan fingerprint density at radius 2 is 2.15 bits per heavy atom. The molecule has 1 heterocycles. The molecular formula is C10H18N2S. The number of aromatic nitrogens is 1. The van der Waals surface area contributed by atoms with Gasteiger partial charge in [-0.05, 0) is 18.8 Å². The number of anilines is 1. The van der Waals surface area contributed by atoms with E-state index in [1.54, 1.807) is 11.3 Å². The van der Waals surface area contributed by atoms with Crippen LogP contribution in [0.3, 0.4) is 0 Å². The van der Waals surface area contributed by atoms with Gasteiger partial charge in [0.1, 0.15) is 0 Å². The van der Waals surface area contributed by atoms with E-state index < -0.39 is 0 Å². The lowest BCUT2D eigenvalue weighted by Crippen LogP contribution is -2.12. The summed E-state index contributed by atoms with van der Waals surface area (Å²) < 4.78 is 0. The minimum atomic E-state index is 0.402. The molecule has 0 fully saturated rings. The number of thiazole rings is 1. The van der Waals surface area contributed by atoms with E-state index in [0.29, 0.717) is 5.41 Å². The fraction of sp³-hybridized carbons (Fsp3) is 0.700. The van der Waals surface area contributed by atoms with Crippen LogP contribution in [0.5, 0.6) is 0 Å². The molecule has 0 atom stereocenters. The van der Waals surface area contributed by atoms with Crippen molar-refractivity contribution in [2.75, 3.05) is 11.9 Å². The molecule has 0 radical (unpaired) electrons. The minimum absolute atomic E-state index is 0.402. The van der Waals surface area contributed by atoms with Gasteiger partial charge in [0.25, 0.3) is 0 Å². The molecule has 0 saturated heterocycles. The lowest BCUT2D eigenvalue weighted by atomic mass is 9.92. The van der Waals surface area contributed by atoms with Crippen LogP contribution in [0.2, 0.25) is 0 Å². The molecule has 2 nitrogen and oxygen atoms in total. The lowest BCUT2D eigenvalue weighted by Gasteiger charge is -2.17. The van der Waals surface area contributed by atoms with E-state index in [1.807, 2.05) is 6.92 Å². The zero-order valence-corrected chi connectivity index (χ0v) is 9.66. The molecule has 0 spiro atoms. The lowest BCUT2D eigenvalue weighted by molar-refractivity contribution is 0.390. The highest BCUT2D eigenvalue weighted by Gasteiger charge is 2.09. The van der Waals surface area contributed by atoms with Gasteiger partial charge in [-0.2, -0.15) is 0 Å². The molecule has 0 bridgehead atoms. The summed E-state index contributed by atoms with van der Waals surface area (Å²) in [6.45, 7) is 9.78. The number of rotatable bonds is 3. The summed E-state index contributed by atoms with van der Waals surface area (Å²) >= 11 is 1.68. The first-order valence-corrected chi connectivity index (χ1v) is 5.51. The molecule has 0 aliphatic rings. The molecule has 13 heavy (non-hydrogen) atoms. The van der Waals surface area contributed by atoms with Crippen LogP contribution in [0.25, 0.3) is 0 Å². The van der Waals surface area contributed by atoms with E-state index in [1.165, 1.54) is 6.42 Å². The normalized spacial score (nSPS) is 11.7. The second-order valence-corrected chi connectivity index (χ2v) is 5.39. The Hall–Kier alpha value is -0.570. The van der Waals surface area contributed by atoms with Crippen molar-refractivity contribution in [1.29, 1.82) is 0 Å². The molecule has 0 amide bonds. The molecular weight excluding hydrogens is 180 g/mol. The SMILES string of the molecule is Cc1csc(NCCC(C)(C)C)n1. The Labute approximate surface area is 84.4 Å². The molecule has 1 N–H and O–H groups in total. The maximum Gasteiger partial charge on any atom is 0.182 e. The molecule has 0 saturated carbocycles. The van der Waals surface area contributed by atoms with E-state index in [2.05, 4.69) is 36.5 Å². The average molecular weight is 198 g/mol. The molecule has 0 aliphatic carbocycles. The number of aryl methyl sites for hydroxylation is 1. The van der Waals surface area contributed by atoms with E-state index >= 15 is 0 Å². The van der Waals surface area contributed by atoms with Crippen LogP contribution < -0.4 is 5.32 Å². The summed E-state index contributed by atoms with van der Waals surface area (Å²) in [7, 11) is 0. The molecule has 0 aromatic carbocycles. The number of nitrogens with zero attached hydrogens (tertiary/aromatic N) is 1. The first kappa shape index (κ1) is 10.5. The summed E-state index contributed by atoms with van der Waals surface area (Å²) in [5.74, 6) is 0. The van der Waals surface area contributed by atoms with Crippen LogP contribution in [-0.4, -0.2) is 11.5 Å². The molecule has 0 aliphatic heterocycles. The van der Waals surface area contributed by atoms with Crippen LogP contribution >= 0.6 is 11.3 Å². The Bertz CT molecular complexity index is 260. The first-order valence-electron chi connectivity index (χ1n) is 4.63. The fourth-order valence-corrected chi connectivity index (χ4v) is 1.70. The monoisotopic (exact) mass is 198 g/mol. The van der Waals surface area contributed by atoms with Crippen molar-refractivity contribution in [2.24, 2.45) is 5.41 Å². The quantitative estimate of drug-likeness (QED) is 0.806. The van der Waals surface area contributed by atoms with E-state index in [0.717, 1.165) is 17.4 Å². The van der Waals surface area contributed by atoms with Crippen molar-refractivity contribution >= 4 is 16.5 Å². The number of hydrogen-bond acceptors (Lipinski definition) is 3. The van der Waals surface area contributed by atoms with Crippen molar-refractivity contribution < 1.29 is 0 Å². The van der Waals surface area contributed by atoms with Gasteiger partial charge in [0, 0.05) is 11.9 Å². The van der Waals surface area contributed by atoms with E-state index in [-0.39, 0.29) is 0 Å². The van der Waals surface area contributed by atoms with Crippen LogP contribution in [0.1, 0.15) is 32.9 Å². The standard InChI is InChI=1S/C10H18N2S/c1-8-7-13-9(12-8)11-6-5-10(2,3)4/h7H,5-6H2,1-4H3,(H,11,12). The van der Waals surface area contributed by atoms with Gasteiger partial charge < -0.3 is 5.32 Å². The summed E-state index contributed by atoms with van der Waals surface area (Å²) in [6.07, 6.45) is 1.17. The van der Waals surface area contributed by atoms with Crippen molar-refractivity contribution in [1.82, 2.24) is 4.98 Å². The second kappa shape index (κ2) is 4.09. The number of hydrogen-bond donors (Lipinski definition) is 1. The van der Waals surface area contributed by atoms with Gasteiger partial charge in [-0.1, -0.05) is 20.8 Å². The maximum atomic E-state index is 4.34. The average Bonchev–Trinajstić information content (AvgIpc) is 2.33. The Balaban J connectivity index is 2.28. The van der Waals surface area contributed by atoms with Gasteiger partial charge >= 0.3 is 0 Å². The highest BCUT2D eigenvalue weighted by atomic mass is 32.1. The van der Waals surface area contributed by atoms with Crippen LogP contribution in [0.15, 0.2) is 5.38 Å². The van der Waals surface area contributed by atoms with E-state index in [9.17, 15) is 0 Å². The van der Waals surface area contributed by atoms with Gasteiger partial charge in [0.05, 0.1) is 5.69 Å². The minimum Gasteiger partial charge on any atom is -0.361 e. The number of nitrogens with one attached hydrogen (secondary N) is 1. The third kappa shape index (κ3) is 4.27. The zero-order valence-electron chi connectivity index (χ0n) is 8.85. The van der Waals surface area contributed by atoms with Gasteiger partial charge in [-0.3, -0.25) is 0 Å². The Kier molecular flexibility index (Phi) is 3.31. The predicted octanol–water partition coefficient (Wildman–Crippen LogP) is 3.30. The van der Waals surface area contributed by atoms with Gasteiger partial charge in [0.15, 0.2) is 5.13 Å². The summed E-state index contributed by atoms with van der Waals surface area (Å²) in [5.41, 5.74) is 1.50.